The van der Waals surface area contributed by atoms with Gasteiger partial charge in [-0.3, -0.25) is 10.1 Å². The Morgan fingerprint density at radius 1 is 1.53 bits per heavy atom. The van der Waals surface area contributed by atoms with Gasteiger partial charge in [-0.25, -0.2) is 4.39 Å². The van der Waals surface area contributed by atoms with Crippen LogP contribution in [0.3, 0.4) is 0 Å². The lowest BCUT2D eigenvalue weighted by Crippen LogP contribution is -2.39. The molecule has 0 fully saturated rings. The largest absolute Gasteiger partial charge is 0.381 e. The average molecular weight is 241 g/mol. The van der Waals surface area contributed by atoms with E-state index in [-0.39, 0.29) is 11.4 Å². The molecule has 0 aliphatic rings. The van der Waals surface area contributed by atoms with Gasteiger partial charge in [0.15, 0.2) is 5.82 Å². The average Bonchev–Trinajstić information content (AvgIpc) is 2.17. The first-order valence-electron chi connectivity index (χ1n) is 5.18. The van der Waals surface area contributed by atoms with Gasteiger partial charge in [-0.1, -0.05) is 0 Å². The minimum atomic E-state index is -0.647. The number of rotatable bonds is 4. The van der Waals surface area contributed by atoms with E-state index < -0.39 is 16.3 Å². The number of aryl methyl sites for hydroxylation is 1. The zero-order chi connectivity index (χ0) is 13.2. The predicted octanol–water partition coefficient (Wildman–Crippen LogP) is 2.19. The van der Waals surface area contributed by atoms with Crippen molar-refractivity contribution in [3.05, 3.63) is 33.6 Å². The Morgan fingerprint density at radius 3 is 2.59 bits per heavy atom. The summed E-state index contributed by atoms with van der Waals surface area (Å²) in [6.07, 6.45) is 0. The number of nitrogens with one attached hydrogen (secondary N) is 1. The van der Waals surface area contributed by atoms with Crippen LogP contribution in [0.5, 0.6) is 0 Å². The normalized spacial score (nSPS) is 11.4. The SMILES string of the molecule is Cc1cc(NCC(C)(C)N)c(F)cc1[N+](=O)[O-]. The lowest BCUT2D eigenvalue weighted by Gasteiger charge is -2.20. The first-order valence-corrected chi connectivity index (χ1v) is 5.18. The van der Waals surface area contributed by atoms with E-state index in [9.17, 15) is 14.5 Å². The van der Waals surface area contributed by atoms with Crippen molar-refractivity contribution >= 4 is 11.4 Å². The van der Waals surface area contributed by atoms with Crippen LogP contribution in [0.25, 0.3) is 0 Å². The van der Waals surface area contributed by atoms with Crippen molar-refractivity contribution in [1.82, 2.24) is 0 Å². The molecule has 3 N–H and O–H groups in total. The first kappa shape index (κ1) is 13.4. The van der Waals surface area contributed by atoms with Gasteiger partial charge >= 0.3 is 0 Å². The minimum absolute atomic E-state index is 0.222. The third kappa shape index (κ3) is 3.67. The number of nitrogens with two attached hydrogens (primary N) is 1. The van der Waals surface area contributed by atoms with Crippen LogP contribution in [0.4, 0.5) is 15.8 Å². The highest BCUT2D eigenvalue weighted by atomic mass is 19.1. The molecular weight excluding hydrogens is 225 g/mol. The summed E-state index contributed by atoms with van der Waals surface area (Å²) in [5.74, 6) is -0.647. The molecule has 94 valence electrons. The van der Waals surface area contributed by atoms with Gasteiger partial charge in [0.25, 0.3) is 5.69 Å². The lowest BCUT2D eigenvalue weighted by atomic mass is 10.1. The number of benzene rings is 1. The van der Waals surface area contributed by atoms with Crippen LogP contribution in [-0.4, -0.2) is 17.0 Å². The molecule has 6 heteroatoms. The van der Waals surface area contributed by atoms with Crippen LogP contribution >= 0.6 is 0 Å². The molecule has 1 rings (SSSR count). The van der Waals surface area contributed by atoms with Crippen molar-refractivity contribution in [2.75, 3.05) is 11.9 Å². The predicted molar refractivity (Wildman–Crippen MR) is 64.5 cm³/mol. The molecule has 0 spiro atoms. The second-order valence-corrected chi connectivity index (χ2v) is 4.72. The third-order valence-electron chi connectivity index (χ3n) is 2.22. The number of halogens is 1. The van der Waals surface area contributed by atoms with E-state index in [1.807, 2.05) is 0 Å². The Bertz CT molecular complexity index is 441. The monoisotopic (exact) mass is 241 g/mol. The second kappa shape index (κ2) is 4.67. The van der Waals surface area contributed by atoms with E-state index in [1.165, 1.54) is 6.07 Å². The Morgan fingerprint density at radius 2 is 2.12 bits per heavy atom. The zero-order valence-corrected chi connectivity index (χ0v) is 10.1. The molecule has 5 nitrogen and oxygen atoms in total. The van der Waals surface area contributed by atoms with Crippen LogP contribution in [0.2, 0.25) is 0 Å². The molecule has 0 bridgehead atoms. The summed E-state index contributed by atoms with van der Waals surface area (Å²) in [5, 5.41) is 13.4. The summed E-state index contributed by atoms with van der Waals surface area (Å²) in [6.45, 7) is 5.55. The maximum atomic E-state index is 13.6. The maximum Gasteiger partial charge on any atom is 0.275 e. The maximum absolute atomic E-state index is 13.6. The van der Waals surface area contributed by atoms with E-state index in [0.29, 0.717) is 12.1 Å². The van der Waals surface area contributed by atoms with E-state index in [4.69, 9.17) is 5.73 Å². The molecular formula is C11H16FN3O2. The van der Waals surface area contributed by atoms with Crippen LogP contribution in [0.15, 0.2) is 12.1 Å². The van der Waals surface area contributed by atoms with E-state index in [2.05, 4.69) is 5.32 Å². The fourth-order valence-electron chi connectivity index (χ4n) is 1.33. The van der Waals surface area contributed by atoms with Crippen LogP contribution in [-0.2, 0) is 0 Å². The Labute approximate surface area is 99.0 Å². The first-order chi connectivity index (χ1) is 7.70. The number of hydrogen-bond donors (Lipinski definition) is 2. The molecule has 0 aromatic heterocycles. The molecule has 0 aliphatic carbocycles. The van der Waals surface area contributed by atoms with Gasteiger partial charge in [-0.05, 0) is 26.8 Å². The highest BCUT2D eigenvalue weighted by Crippen LogP contribution is 2.25. The van der Waals surface area contributed by atoms with Gasteiger partial charge in [-0.15, -0.1) is 0 Å². The summed E-state index contributed by atoms with van der Waals surface area (Å²) in [4.78, 5) is 10.00. The Hall–Kier alpha value is -1.69. The molecule has 0 radical (unpaired) electrons. The van der Waals surface area contributed by atoms with E-state index >= 15 is 0 Å². The van der Waals surface area contributed by atoms with Gasteiger partial charge in [-0.2, -0.15) is 0 Å². The molecule has 0 aliphatic heterocycles. The van der Waals surface area contributed by atoms with Crippen molar-refractivity contribution in [3.63, 3.8) is 0 Å². The lowest BCUT2D eigenvalue weighted by molar-refractivity contribution is -0.385. The van der Waals surface area contributed by atoms with Crippen molar-refractivity contribution < 1.29 is 9.31 Å². The fourth-order valence-corrected chi connectivity index (χ4v) is 1.33. The molecule has 0 atom stereocenters. The van der Waals surface area contributed by atoms with E-state index in [0.717, 1.165) is 6.07 Å². The quantitative estimate of drug-likeness (QED) is 0.625. The summed E-state index contributed by atoms with van der Waals surface area (Å²) >= 11 is 0. The van der Waals surface area contributed by atoms with Crippen LogP contribution in [0.1, 0.15) is 19.4 Å². The molecule has 0 unspecified atom stereocenters. The standard InChI is InChI=1S/C11H16FN3O2/c1-7-4-9(14-6-11(2,3)13)8(12)5-10(7)15(16)17/h4-5,14H,6,13H2,1-3H3. The summed E-state index contributed by atoms with van der Waals surface area (Å²) < 4.78 is 13.6. The summed E-state index contributed by atoms with van der Waals surface area (Å²) in [5.41, 5.74) is 5.69. The number of hydrogen-bond acceptors (Lipinski definition) is 4. The smallest absolute Gasteiger partial charge is 0.275 e. The van der Waals surface area contributed by atoms with Crippen molar-refractivity contribution in [2.24, 2.45) is 5.73 Å². The van der Waals surface area contributed by atoms with Gasteiger partial charge < -0.3 is 11.1 Å². The van der Waals surface area contributed by atoms with Crippen molar-refractivity contribution in [2.45, 2.75) is 26.3 Å². The van der Waals surface area contributed by atoms with Crippen molar-refractivity contribution in [1.29, 1.82) is 0 Å². The van der Waals surface area contributed by atoms with Gasteiger partial charge in [0.05, 0.1) is 16.7 Å². The molecule has 0 amide bonds. The highest BCUT2D eigenvalue weighted by Gasteiger charge is 2.17. The molecule has 1 aromatic rings. The number of nitro benzene ring substituents is 1. The number of anilines is 1. The topological polar surface area (TPSA) is 81.2 Å². The fraction of sp³-hybridized carbons (Fsp3) is 0.455. The number of nitrogens with zero attached hydrogens (tertiary/aromatic N) is 1. The Kier molecular flexibility index (Phi) is 3.67. The van der Waals surface area contributed by atoms with Gasteiger partial charge in [0.2, 0.25) is 0 Å². The summed E-state index contributed by atoms with van der Waals surface area (Å²) in [6, 6.07) is 2.33. The van der Waals surface area contributed by atoms with Gasteiger partial charge in [0, 0.05) is 17.6 Å². The van der Waals surface area contributed by atoms with Crippen LogP contribution < -0.4 is 11.1 Å². The second-order valence-electron chi connectivity index (χ2n) is 4.72. The molecule has 0 saturated carbocycles. The van der Waals surface area contributed by atoms with Gasteiger partial charge in [0.1, 0.15) is 0 Å². The molecule has 17 heavy (non-hydrogen) atoms. The molecule has 1 aromatic carbocycles. The third-order valence-corrected chi connectivity index (χ3v) is 2.22. The molecule has 0 heterocycles. The summed E-state index contributed by atoms with van der Waals surface area (Å²) in [7, 11) is 0. The Balaban J connectivity index is 2.96. The highest BCUT2D eigenvalue weighted by molar-refractivity contribution is 5.55. The molecule has 0 saturated heterocycles. The number of nitro groups is 1. The minimum Gasteiger partial charge on any atom is -0.381 e. The zero-order valence-electron chi connectivity index (χ0n) is 10.1. The van der Waals surface area contributed by atoms with Crippen molar-refractivity contribution in [3.8, 4) is 0 Å². The van der Waals surface area contributed by atoms with E-state index in [1.54, 1.807) is 20.8 Å². The van der Waals surface area contributed by atoms with Crippen LogP contribution in [0, 0.1) is 22.9 Å².